The van der Waals surface area contributed by atoms with E-state index in [1.54, 1.807) is 31.2 Å². The number of para-hydroxylation sites is 1. The minimum Gasteiger partial charge on any atom is -0.468 e. The molecule has 2 aliphatic heterocycles. The van der Waals surface area contributed by atoms with Crippen molar-refractivity contribution in [3.05, 3.63) is 30.3 Å². The first-order valence-electron chi connectivity index (χ1n) is 7.72. The minimum atomic E-state index is -1.12. The molecule has 8 nitrogen and oxygen atoms in total. The molecule has 1 spiro atoms. The van der Waals surface area contributed by atoms with Gasteiger partial charge in [0.1, 0.15) is 12.0 Å². The summed E-state index contributed by atoms with van der Waals surface area (Å²) in [7, 11) is 1.24. The van der Waals surface area contributed by atoms with Crippen LogP contribution >= 0.6 is 0 Å². The van der Waals surface area contributed by atoms with Crippen molar-refractivity contribution < 1.29 is 23.9 Å². The third-order valence-electron chi connectivity index (χ3n) is 4.29. The number of carbonyl (C=O) groups is 3. The highest BCUT2D eigenvalue weighted by Crippen LogP contribution is 2.41. The van der Waals surface area contributed by atoms with E-state index in [4.69, 9.17) is 4.74 Å². The molecule has 2 aliphatic rings. The number of methoxy groups -OCH3 is 1. The molecule has 2 heterocycles. The molecule has 130 valence electrons. The normalized spacial score (nSPS) is 24.5. The van der Waals surface area contributed by atoms with E-state index in [1.807, 2.05) is 6.07 Å². The Labute approximate surface area is 144 Å². The highest BCUT2D eigenvalue weighted by molar-refractivity contribution is 6.22. The largest absolute Gasteiger partial charge is 0.468 e. The number of hydrogen-bond acceptors (Lipinski definition) is 7. The molecular formula is C17H17N3O5. The van der Waals surface area contributed by atoms with Crippen LogP contribution in [0.2, 0.25) is 0 Å². The Morgan fingerprint density at radius 3 is 2.72 bits per heavy atom. The van der Waals surface area contributed by atoms with Crippen molar-refractivity contribution in [1.82, 2.24) is 0 Å². The number of hydrogen-bond donors (Lipinski definition) is 0. The van der Waals surface area contributed by atoms with Crippen LogP contribution in [0.4, 0.5) is 5.69 Å². The van der Waals surface area contributed by atoms with Gasteiger partial charge in [-0.25, -0.2) is 4.99 Å². The lowest BCUT2D eigenvalue weighted by Crippen LogP contribution is -2.46. The smallest absolute Gasteiger partial charge is 0.327 e. The molecule has 8 heteroatoms. The summed E-state index contributed by atoms with van der Waals surface area (Å²) in [6.45, 7) is 1.43. The number of carbonyl (C=O) groups excluding carboxylic acids is 3. The average Bonchev–Trinajstić information content (AvgIpc) is 2.84. The van der Waals surface area contributed by atoms with Crippen LogP contribution in [0.5, 0.6) is 0 Å². The van der Waals surface area contributed by atoms with Crippen molar-refractivity contribution in [2.24, 2.45) is 15.5 Å². The number of amides is 1. The van der Waals surface area contributed by atoms with E-state index in [2.05, 4.69) is 14.8 Å². The summed E-state index contributed by atoms with van der Waals surface area (Å²) in [5.74, 6) is -1.40. The van der Waals surface area contributed by atoms with Crippen LogP contribution in [-0.2, 0) is 23.9 Å². The maximum absolute atomic E-state index is 13.0. The van der Waals surface area contributed by atoms with E-state index in [0.29, 0.717) is 11.4 Å². The van der Waals surface area contributed by atoms with E-state index in [-0.39, 0.29) is 31.2 Å². The van der Waals surface area contributed by atoms with E-state index in [0.717, 1.165) is 0 Å². The molecule has 1 unspecified atom stereocenters. The van der Waals surface area contributed by atoms with Gasteiger partial charge in [-0.3, -0.25) is 14.4 Å². The van der Waals surface area contributed by atoms with Gasteiger partial charge in [-0.05, 0) is 19.1 Å². The SMILES string of the molecule is COC(=O)CN=C1CC2(CC(=O)O1)C(=O)N(c1ccccc1)N=C2C. The van der Waals surface area contributed by atoms with Gasteiger partial charge in [-0.1, -0.05) is 18.2 Å². The molecule has 1 fully saturated rings. The molecule has 0 radical (unpaired) electrons. The summed E-state index contributed by atoms with van der Waals surface area (Å²) in [5.41, 5.74) is 0.0135. The third-order valence-corrected chi connectivity index (χ3v) is 4.29. The number of aliphatic imine (C=N–C) groups is 1. The van der Waals surface area contributed by atoms with Crippen LogP contribution in [0, 0.1) is 5.41 Å². The number of benzene rings is 1. The standard InChI is InChI=1S/C17H17N3O5/c1-11-17(16(23)20(19-11)12-6-4-3-5-7-12)8-13(25-14(21)9-17)18-10-15(22)24-2/h3-7H,8-10H2,1-2H3. The molecule has 1 aromatic rings. The van der Waals surface area contributed by atoms with Crippen molar-refractivity contribution in [3.8, 4) is 0 Å². The lowest BCUT2D eigenvalue weighted by molar-refractivity contribution is -0.143. The zero-order chi connectivity index (χ0) is 18.0. The first kappa shape index (κ1) is 16.8. The van der Waals surface area contributed by atoms with Gasteiger partial charge in [0.15, 0.2) is 5.90 Å². The highest BCUT2D eigenvalue weighted by atomic mass is 16.5. The second kappa shape index (κ2) is 6.46. The third kappa shape index (κ3) is 3.02. The number of ether oxygens (including phenoxy) is 2. The maximum atomic E-state index is 13.0. The Balaban J connectivity index is 1.90. The van der Waals surface area contributed by atoms with E-state index < -0.39 is 17.4 Å². The predicted molar refractivity (Wildman–Crippen MR) is 89.1 cm³/mol. The van der Waals surface area contributed by atoms with Gasteiger partial charge < -0.3 is 9.47 Å². The number of hydrazone groups is 1. The van der Waals surface area contributed by atoms with Crippen LogP contribution in [0.15, 0.2) is 40.4 Å². The lowest BCUT2D eigenvalue weighted by atomic mass is 9.75. The van der Waals surface area contributed by atoms with Gasteiger partial charge in [0, 0.05) is 6.42 Å². The molecule has 1 aromatic carbocycles. The molecule has 0 bridgehead atoms. The van der Waals surface area contributed by atoms with Crippen LogP contribution in [0.3, 0.4) is 0 Å². The summed E-state index contributed by atoms with van der Waals surface area (Å²) in [5, 5.41) is 5.64. The van der Waals surface area contributed by atoms with E-state index in [1.165, 1.54) is 12.1 Å². The summed E-state index contributed by atoms with van der Waals surface area (Å²) < 4.78 is 9.60. The van der Waals surface area contributed by atoms with Crippen molar-refractivity contribution in [1.29, 1.82) is 0 Å². The number of rotatable bonds is 3. The molecule has 1 atom stereocenters. The fourth-order valence-electron chi connectivity index (χ4n) is 2.88. The van der Waals surface area contributed by atoms with Gasteiger partial charge in [0.2, 0.25) is 0 Å². The zero-order valence-electron chi connectivity index (χ0n) is 13.9. The van der Waals surface area contributed by atoms with Crippen LogP contribution < -0.4 is 5.01 Å². The van der Waals surface area contributed by atoms with Gasteiger partial charge in [-0.2, -0.15) is 10.1 Å². The number of esters is 2. The van der Waals surface area contributed by atoms with Crippen LogP contribution in [0.25, 0.3) is 0 Å². The second-order valence-electron chi connectivity index (χ2n) is 5.83. The van der Waals surface area contributed by atoms with Gasteiger partial charge in [-0.15, -0.1) is 0 Å². The molecule has 1 amide bonds. The predicted octanol–water partition coefficient (Wildman–Crippen LogP) is 1.30. The van der Waals surface area contributed by atoms with Gasteiger partial charge in [0.05, 0.1) is 24.9 Å². The van der Waals surface area contributed by atoms with Crippen LogP contribution in [0.1, 0.15) is 19.8 Å². The number of nitrogens with zero attached hydrogens (tertiary/aromatic N) is 3. The Kier molecular flexibility index (Phi) is 4.35. The molecule has 0 aliphatic carbocycles. The number of cyclic esters (lactones) is 1. The van der Waals surface area contributed by atoms with Crippen molar-refractivity contribution in [2.45, 2.75) is 19.8 Å². The van der Waals surface area contributed by atoms with E-state index in [9.17, 15) is 14.4 Å². The van der Waals surface area contributed by atoms with Crippen molar-refractivity contribution in [2.75, 3.05) is 18.7 Å². The highest BCUT2D eigenvalue weighted by Gasteiger charge is 2.54. The molecule has 25 heavy (non-hydrogen) atoms. The fraction of sp³-hybridized carbons (Fsp3) is 0.353. The number of anilines is 1. The van der Waals surface area contributed by atoms with E-state index >= 15 is 0 Å². The fourth-order valence-corrected chi connectivity index (χ4v) is 2.88. The van der Waals surface area contributed by atoms with Crippen molar-refractivity contribution in [3.63, 3.8) is 0 Å². The topological polar surface area (TPSA) is 97.6 Å². The molecule has 3 rings (SSSR count). The molecular weight excluding hydrogens is 326 g/mol. The molecule has 1 saturated heterocycles. The van der Waals surface area contributed by atoms with Gasteiger partial charge >= 0.3 is 11.9 Å². The summed E-state index contributed by atoms with van der Waals surface area (Å²) in [6, 6.07) is 8.97. The monoisotopic (exact) mass is 343 g/mol. The summed E-state index contributed by atoms with van der Waals surface area (Å²) >= 11 is 0. The quantitative estimate of drug-likeness (QED) is 0.771. The Morgan fingerprint density at radius 1 is 1.32 bits per heavy atom. The molecule has 0 saturated carbocycles. The average molecular weight is 343 g/mol. The Bertz CT molecular complexity index is 787. The minimum absolute atomic E-state index is 0.0412. The molecule has 0 N–H and O–H groups in total. The summed E-state index contributed by atoms with van der Waals surface area (Å²) in [6.07, 6.45) is -0.0328. The summed E-state index contributed by atoms with van der Waals surface area (Å²) in [4.78, 5) is 40.3. The van der Waals surface area contributed by atoms with Crippen LogP contribution in [-0.4, -0.2) is 43.1 Å². The molecule has 0 aromatic heterocycles. The second-order valence-corrected chi connectivity index (χ2v) is 5.83. The Hall–Kier alpha value is -3.03. The zero-order valence-corrected chi connectivity index (χ0v) is 13.9. The lowest BCUT2D eigenvalue weighted by Gasteiger charge is -2.31. The maximum Gasteiger partial charge on any atom is 0.327 e. The Morgan fingerprint density at radius 2 is 2.04 bits per heavy atom. The first-order valence-corrected chi connectivity index (χ1v) is 7.72. The van der Waals surface area contributed by atoms with Gasteiger partial charge in [0.25, 0.3) is 5.91 Å². The van der Waals surface area contributed by atoms with Crippen molar-refractivity contribution >= 4 is 35.1 Å². The first-order chi connectivity index (χ1) is 12.0.